The van der Waals surface area contributed by atoms with Crippen LogP contribution in [0.1, 0.15) is 103 Å². The van der Waals surface area contributed by atoms with Crippen LogP contribution in [0, 0.1) is 0 Å². The maximum absolute atomic E-state index is 12.1. The van der Waals surface area contributed by atoms with Crippen LogP contribution in [0.5, 0.6) is 0 Å². The summed E-state index contributed by atoms with van der Waals surface area (Å²) in [5.74, 6) is 0.270. The molecule has 0 bridgehead atoms. The van der Waals surface area contributed by atoms with Crippen molar-refractivity contribution in [1.82, 2.24) is 19.5 Å². The normalized spacial score (nSPS) is 13.4. The lowest BCUT2D eigenvalue weighted by Gasteiger charge is -2.13. The fourth-order valence-corrected chi connectivity index (χ4v) is 4.96. The molecule has 0 radical (unpaired) electrons. The Morgan fingerprint density at radius 1 is 0.811 bits per heavy atom. The van der Waals surface area contributed by atoms with Gasteiger partial charge in [0, 0.05) is 13.2 Å². The summed E-state index contributed by atoms with van der Waals surface area (Å²) >= 11 is 0. The van der Waals surface area contributed by atoms with Crippen LogP contribution in [0.3, 0.4) is 0 Å². The average Bonchev–Trinajstić information content (AvgIpc) is 3.29. The van der Waals surface area contributed by atoms with E-state index in [4.69, 9.17) is 19.7 Å². The van der Waals surface area contributed by atoms with Gasteiger partial charge in [-0.2, -0.15) is 0 Å². The summed E-state index contributed by atoms with van der Waals surface area (Å²) in [4.78, 5) is 22.0. The van der Waals surface area contributed by atoms with Gasteiger partial charge in [0.2, 0.25) is 0 Å². The molecular formula is C26H48N5O5P. The number of nitrogens with two attached hydrogens (primary N) is 1. The molecule has 0 aliphatic carbocycles. The first-order chi connectivity index (χ1) is 18.0. The molecule has 0 saturated heterocycles. The van der Waals surface area contributed by atoms with Crippen molar-refractivity contribution in [2.75, 3.05) is 31.9 Å². The van der Waals surface area contributed by atoms with E-state index in [2.05, 4.69) is 21.9 Å². The lowest BCUT2D eigenvalue weighted by molar-refractivity contribution is 0.0885. The first-order valence-corrected chi connectivity index (χ1v) is 15.8. The van der Waals surface area contributed by atoms with Crippen molar-refractivity contribution in [3.05, 3.63) is 12.7 Å². The van der Waals surface area contributed by atoms with E-state index in [1.807, 2.05) is 0 Å². The Morgan fingerprint density at radius 2 is 1.41 bits per heavy atom. The molecule has 10 nitrogen and oxygen atoms in total. The van der Waals surface area contributed by atoms with Crippen molar-refractivity contribution in [1.29, 1.82) is 0 Å². The molecule has 11 heteroatoms. The van der Waals surface area contributed by atoms with Gasteiger partial charge in [0.05, 0.1) is 12.9 Å². The predicted molar refractivity (Wildman–Crippen MR) is 147 cm³/mol. The Kier molecular flexibility index (Phi) is 16.7. The molecule has 212 valence electrons. The molecule has 3 N–H and O–H groups in total. The minimum Gasteiger partial charge on any atom is -0.382 e. The van der Waals surface area contributed by atoms with Crippen LogP contribution in [-0.4, -0.2) is 50.6 Å². The van der Waals surface area contributed by atoms with E-state index in [0.717, 1.165) is 13.0 Å². The number of nitrogen functional groups attached to an aromatic ring is 1. The molecule has 0 aliphatic rings. The Labute approximate surface area is 222 Å². The fraction of sp³-hybridized carbons (Fsp3) is 0.808. The van der Waals surface area contributed by atoms with Crippen LogP contribution in [0.2, 0.25) is 0 Å². The van der Waals surface area contributed by atoms with E-state index >= 15 is 0 Å². The third-order valence-corrected chi connectivity index (χ3v) is 7.38. The lowest BCUT2D eigenvalue weighted by Crippen LogP contribution is -2.07. The molecule has 2 aromatic heterocycles. The quantitative estimate of drug-likeness (QED) is 0.114. The van der Waals surface area contributed by atoms with Crippen LogP contribution < -0.4 is 5.73 Å². The summed E-state index contributed by atoms with van der Waals surface area (Å²) in [5.41, 5.74) is 6.70. The fourth-order valence-electron chi connectivity index (χ4n) is 4.15. The van der Waals surface area contributed by atoms with Crippen LogP contribution in [-0.2, 0) is 25.3 Å². The van der Waals surface area contributed by atoms with Gasteiger partial charge in [0.25, 0.3) is 0 Å². The molecule has 2 rings (SSSR count). The van der Waals surface area contributed by atoms with Crippen molar-refractivity contribution in [2.45, 2.75) is 110 Å². The highest BCUT2D eigenvalue weighted by molar-refractivity contribution is 7.52. The number of nitrogens with zero attached hydrogens (tertiary/aromatic N) is 4. The molecule has 0 saturated carbocycles. The first-order valence-electron chi connectivity index (χ1n) is 14.1. The topological polar surface area (TPSA) is 135 Å². The minimum absolute atomic E-state index is 0.00314. The van der Waals surface area contributed by atoms with Crippen LogP contribution in [0.15, 0.2) is 12.7 Å². The molecule has 0 aromatic carbocycles. The number of imidazole rings is 1. The van der Waals surface area contributed by atoms with Crippen molar-refractivity contribution < 1.29 is 23.5 Å². The second-order valence-electron chi connectivity index (χ2n) is 9.64. The summed E-state index contributed by atoms with van der Waals surface area (Å²) in [5, 5.41) is 0. The Hall–Kier alpha value is -1.58. The van der Waals surface area contributed by atoms with Gasteiger partial charge in [-0.25, -0.2) is 15.0 Å². The van der Waals surface area contributed by atoms with Gasteiger partial charge < -0.3 is 24.6 Å². The van der Waals surface area contributed by atoms with Crippen molar-refractivity contribution in [3.63, 3.8) is 0 Å². The Balaban J connectivity index is 1.35. The largest absolute Gasteiger partial charge is 0.382 e. The summed E-state index contributed by atoms with van der Waals surface area (Å²) in [6, 6.07) is 0. The van der Waals surface area contributed by atoms with Gasteiger partial charge in [0.15, 0.2) is 17.8 Å². The second-order valence-corrected chi connectivity index (χ2v) is 11.4. The standard InChI is InChI=1S/C26H48N5O5P/c1-2-3-4-5-6-7-8-9-10-11-12-13-14-15-17-34-18-16-19-36-37(32,33)23-35-22-31-21-30-24-25(27)28-20-29-26(24)31/h20-21H,2-19,22-23H2,1H3,(H,32,33)(H2,27,28,29). The zero-order valence-corrected chi connectivity index (χ0v) is 23.6. The summed E-state index contributed by atoms with van der Waals surface area (Å²) in [7, 11) is -3.84. The molecule has 0 amide bonds. The zero-order valence-electron chi connectivity index (χ0n) is 22.7. The van der Waals surface area contributed by atoms with E-state index in [0.29, 0.717) is 24.2 Å². The van der Waals surface area contributed by atoms with E-state index in [1.165, 1.54) is 96.1 Å². The van der Waals surface area contributed by atoms with Crippen LogP contribution in [0.4, 0.5) is 5.82 Å². The summed E-state index contributed by atoms with van der Waals surface area (Å²) < 4.78 is 29.8. The number of fused-ring (bicyclic) bond motifs is 1. The first kappa shape index (κ1) is 31.6. The molecular weight excluding hydrogens is 493 g/mol. The van der Waals surface area contributed by atoms with E-state index < -0.39 is 13.9 Å². The molecule has 37 heavy (non-hydrogen) atoms. The van der Waals surface area contributed by atoms with Gasteiger partial charge >= 0.3 is 7.60 Å². The van der Waals surface area contributed by atoms with Gasteiger partial charge in [-0.3, -0.25) is 9.13 Å². The highest BCUT2D eigenvalue weighted by Crippen LogP contribution is 2.41. The van der Waals surface area contributed by atoms with E-state index in [-0.39, 0.29) is 19.2 Å². The molecule has 2 heterocycles. The number of hydrogen-bond donors (Lipinski definition) is 2. The van der Waals surface area contributed by atoms with Gasteiger partial charge in [-0.05, 0) is 12.8 Å². The number of aromatic nitrogens is 4. The van der Waals surface area contributed by atoms with Crippen molar-refractivity contribution >= 4 is 24.6 Å². The lowest BCUT2D eigenvalue weighted by atomic mass is 10.0. The number of rotatable bonds is 24. The van der Waals surface area contributed by atoms with Gasteiger partial charge in [-0.15, -0.1) is 0 Å². The van der Waals surface area contributed by atoms with E-state index in [1.54, 1.807) is 4.57 Å². The molecule has 1 unspecified atom stereocenters. The maximum Gasteiger partial charge on any atom is 0.353 e. The van der Waals surface area contributed by atoms with Crippen molar-refractivity contribution in [2.24, 2.45) is 0 Å². The smallest absolute Gasteiger partial charge is 0.353 e. The predicted octanol–water partition coefficient (Wildman–Crippen LogP) is 6.43. The molecule has 2 aromatic rings. The number of ether oxygens (including phenoxy) is 2. The van der Waals surface area contributed by atoms with Gasteiger partial charge in [0.1, 0.15) is 18.6 Å². The highest BCUT2D eigenvalue weighted by atomic mass is 31.2. The maximum atomic E-state index is 12.1. The van der Waals surface area contributed by atoms with Crippen molar-refractivity contribution in [3.8, 4) is 0 Å². The molecule has 0 fully saturated rings. The number of anilines is 1. The third-order valence-electron chi connectivity index (χ3n) is 6.28. The highest BCUT2D eigenvalue weighted by Gasteiger charge is 2.20. The Bertz CT molecular complexity index is 897. The molecule has 0 spiro atoms. The molecule has 0 aliphatic heterocycles. The third kappa shape index (κ3) is 14.2. The summed E-state index contributed by atoms with van der Waals surface area (Å²) in [6.07, 6.45) is 21.7. The van der Waals surface area contributed by atoms with Crippen LogP contribution >= 0.6 is 7.60 Å². The van der Waals surface area contributed by atoms with E-state index in [9.17, 15) is 9.46 Å². The number of unbranched alkanes of at least 4 members (excludes halogenated alkanes) is 13. The monoisotopic (exact) mass is 541 g/mol. The second kappa shape index (κ2) is 19.5. The van der Waals surface area contributed by atoms with Crippen LogP contribution in [0.25, 0.3) is 11.2 Å². The molecule has 1 atom stereocenters. The summed E-state index contributed by atoms with van der Waals surface area (Å²) in [6.45, 7) is 3.66. The SMILES string of the molecule is CCCCCCCCCCCCCCCCOCCCOP(=O)(O)COCn1cnc2c(N)ncnc21. The Morgan fingerprint density at radius 3 is 2.05 bits per heavy atom. The number of hydrogen-bond acceptors (Lipinski definition) is 8. The van der Waals surface area contributed by atoms with Gasteiger partial charge in [-0.1, -0.05) is 90.4 Å². The average molecular weight is 542 g/mol. The minimum atomic E-state index is -3.84. The zero-order chi connectivity index (χ0) is 26.6.